The molecule has 0 bridgehead atoms. The average Bonchev–Trinajstić information content (AvgIpc) is 3.17. The van der Waals surface area contributed by atoms with Crippen molar-refractivity contribution in [3.05, 3.63) is 42.3 Å². The van der Waals surface area contributed by atoms with E-state index in [0.29, 0.717) is 24.8 Å². The molecule has 0 atom stereocenters. The molecule has 6 nitrogen and oxygen atoms in total. The number of urea groups is 1. The third kappa shape index (κ3) is 4.33. The van der Waals surface area contributed by atoms with Gasteiger partial charge in [0.1, 0.15) is 5.82 Å². The summed E-state index contributed by atoms with van der Waals surface area (Å²) >= 11 is 0. The zero-order chi connectivity index (χ0) is 23.9. The minimum atomic E-state index is -2.83. The summed E-state index contributed by atoms with van der Waals surface area (Å²) in [5.41, 5.74) is 1.21. The number of nitrogens with one attached hydrogen (secondary N) is 1. The van der Waals surface area contributed by atoms with E-state index in [9.17, 15) is 18.0 Å². The topological polar surface area (TPSA) is 57.7 Å². The summed E-state index contributed by atoms with van der Waals surface area (Å²) in [5.74, 6) is -3.05. The van der Waals surface area contributed by atoms with Gasteiger partial charge in [0.25, 0.3) is 5.92 Å². The summed E-state index contributed by atoms with van der Waals surface area (Å²) in [6.07, 6.45) is 5.33. The zero-order valence-corrected chi connectivity index (χ0v) is 19.2. The third-order valence-corrected chi connectivity index (χ3v) is 7.56. The Morgan fingerprint density at radius 1 is 1.09 bits per heavy atom. The van der Waals surface area contributed by atoms with Gasteiger partial charge in [-0.15, -0.1) is 0 Å². The molecule has 1 aliphatic carbocycles. The number of ether oxygens (including phenoxy) is 1. The number of piperidine rings is 1. The molecule has 1 saturated carbocycles. The molecule has 2 aromatic rings. The summed E-state index contributed by atoms with van der Waals surface area (Å²) in [5, 5.41) is 2.91. The molecule has 0 radical (unpaired) electrons. The van der Waals surface area contributed by atoms with Crippen LogP contribution in [0.1, 0.15) is 32.1 Å². The van der Waals surface area contributed by atoms with E-state index in [2.05, 4.69) is 10.3 Å². The van der Waals surface area contributed by atoms with E-state index >= 15 is 0 Å². The van der Waals surface area contributed by atoms with E-state index in [4.69, 9.17) is 4.74 Å². The van der Waals surface area contributed by atoms with Gasteiger partial charge in [-0.05, 0) is 43.2 Å². The maximum atomic E-state index is 14.7. The number of carbonyl (C=O) groups is 1. The molecule has 34 heavy (non-hydrogen) atoms. The van der Waals surface area contributed by atoms with E-state index < -0.39 is 18.3 Å². The molecule has 182 valence electrons. The lowest BCUT2D eigenvalue weighted by Gasteiger charge is -2.51. The van der Waals surface area contributed by atoms with Gasteiger partial charge in [-0.3, -0.25) is 0 Å². The molecule has 0 unspecified atom stereocenters. The lowest BCUT2D eigenvalue weighted by Crippen LogP contribution is -2.51. The molecule has 2 saturated heterocycles. The Labute approximate surface area is 197 Å². The van der Waals surface area contributed by atoms with Crippen LogP contribution in [0.4, 0.5) is 29.5 Å². The van der Waals surface area contributed by atoms with Crippen LogP contribution in [0.3, 0.4) is 0 Å². The number of hydrogen-bond donors (Lipinski definition) is 1. The Kier molecular flexibility index (Phi) is 5.91. The number of pyridine rings is 1. The van der Waals surface area contributed by atoms with E-state index in [1.807, 2.05) is 0 Å². The Morgan fingerprint density at radius 3 is 2.47 bits per heavy atom. The maximum Gasteiger partial charge on any atom is 0.321 e. The summed E-state index contributed by atoms with van der Waals surface area (Å²) in [7, 11) is 1.73. The first-order valence-electron chi connectivity index (χ1n) is 11.7. The van der Waals surface area contributed by atoms with Crippen LogP contribution in [0, 0.1) is 11.2 Å². The van der Waals surface area contributed by atoms with E-state index in [1.165, 1.54) is 17.2 Å². The predicted octanol–water partition coefficient (Wildman–Crippen LogP) is 5.16. The predicted molar refractivity (Wildman–Crippen MR) is 124 cm³/mol. The average molecular weight is 475 g/mol. The van der Waals surface area contributed by atoms with Crippen LogP contribution in [-0.2, 0) is 4.74 Å². The van der Waals surface area contributed by atoms with E-state index in [1.54, 1.807) is 36.3 Å². The SMILES string of the molecule is COC1CC2(CCN(C(=O)Nc3c(-c4ccccc4F)ccnc3N3CCC(F)(F)C3)CC2)C1. The number of rotatable bonds is 4. The van der Waals surface area contributed by atoms with Crippen LogP contribution < -0.4 is 10.2 Å². The normalized spacial score (nSPS) is 21.5. The van der Waals surface area contributed by atoms with E-state index in [0.717, 1.165) is 25.7 Å². The molecule has 1 N–H and O–H groups in total. The van der Waals surface area contributed by atoms with Crippen molar-refractivity contribution >= 4 is 17.5 Å². The molecule has 1 spiro atoms. The van der Waals surface area contributed by atoms with Gasteiger partial charge in [0.05, 0.1) is 18.3 Å². The number of amides is 2. The zero-order valence-electron chi connectivity index (χ0n) is 19.2. The first-order chi connectivity index (χ1) is 16.3. The number of nitrogens with zero attached hydrogens (tertiary/aromatic N) is 3. The summed E-state index contributed by atoms with van der Waals surface area (Å²) in [6, 6.07) is 7.51. The van der Waals surface area contributed by atoms with Crippen molar-refractivity contribution in [1.29, 1.82) is 0 Å². The van der Waals surface area contributed by atoms with Gasteiger partial charge < -0.3 is 19.9 Å². The summed E-state index contributed by atoms with van der Waals surface area (Å²) in [6.45, 7) is 0.830. The molecule has 2 aliphatic heterocycles. The van der Waals surface area contributed by atoms with Gasteiger partial charge in [0.2, 0.25) is 0 Å². The number of benzene rings is 1. The van der Waals surface area contributed by atoms with Gasteiger partial charge in [0.15, 0.2) is 5.82 Å². The number of likely N-dealkylation sites (tertiary alicyclic amines) is 1. The van der Waals surface area contributed by atoms with Crippen LogP contribution >= 0.6 is 0 Å². The van der Waals surface area contributed by atoms with Gasteiger partial charge in [-0.25, -0.2) is 22.9 Å². The lowest BCUT2D eigenvalue weighted by atomic mass is 9.61. The number of alkyl halides is 2. The summed E-state index contributed by atoms with van der Waals surface area (Å²) < 4.78 is 48.1. The van der Waals surface area contributed by atoms with Crippen molar-refractivity contribution in [2.75, 3.05) is 43.5 Å². The second-order valence-electron chi connectivity index (χ2n) is 9.75. The maximum absolute atomic E-state index is 14.7. The lowest BCUT2D eigenvalue weighted by molar-refractivity contribution is -0.0828. The first-order valence-corrected chi connectivity index (χ1v) is 11.7. The number of aromatic nitrogens is 1. The molecule has 5 rings (SSSR count). The van der Waals surface area contributed by atoms with Crippen LogP contribution in [-0.4, -0.2) is 61.2 Å². The minimum absolute atomic E-state index is 0.108. The van der Waals surface area contributed by atoms with E-state index in [-0.39, 0.29) is 41.5 Å². The number of anilines is 2. The highest BCUT2D eigenvalue weighted by Crippen LogP contribution is 2.50. The molecule has 3 aliphatic rings. The number of carbonyl (C=O) groups excluding carboxylic acids is 1. The van der Waals surface area contributed by atoms with Crippen LogP contribution in [0.5, 0.6) is 0 Å². The highest BCUT2D eigenvalue weighted by Gasteiger charge is 2.46. The molecular weight excluding hydrogens is 445 g/mol. The number of hydrogen-bond acceptors (Lipinski definition) is 4. The molecule has 2 amide bonds. The minimum Gasteiger partial charge on any atom is -0.381 e. The smallest absolute Gasteiger partial charge is 0.321 e. The quantitative estimate of drug-likeness (QED) is 0.666. The summed E-state index contributed by atoms with van der Waals surface area (Å²) in [4.78, 5) is 20.8. The van der Waals surface area contributed by atoms with Gasteiger partial charge in [-0.1, -0.05) is 18.2 Å². The van der Waals surface area contributed by atoms with Crippen molar-refractivity contribution in [3.63, 3.8) is 0 Å². The largest absolute Gasteiger partial charge is 0.381 e. The number of methoxy groups -OCH3 is 1. The monoisotopic (exact) mass is 474 g/mol. The Balaban J connectivity index is 1.40. The fraction of sp³-hybridized carbons (Fsp3) is 0.520. The molecule has 1 aromatic carbocycles. The van der Waals surface area contributed by atoms with Crippen molar-refractivity contribution in [2.45, 2.75) is 44.1 Å². The Bertz CT molecular complexity index is 1060. The Morgan fingerprint density at radius 2 is 1.82 bits per heavy atom. The van der Waals surface area contributed by atoms with Crippen molar-refractivity contribution in [3.8, 4) is 11.1 Å². The fourth-order valence-corrected chi connectivity index (χ4v) is 5.49. The van der Waals surface area contributed by atoms with Gasteiger partial charge in [0, 0.05) is 50.5 Å². The molecule has 3 heterocycles. The van der Waals surface area contributed by atoms with Crippen LogP contribution in [0.25, 0.3) is 11.1 Å². The standard InChI is InChI=1S/C25H29F3N4O2/c1-34-17-14-24(15-17)7-11-31(12-8-24)23(33)30-21-19(18-4-2-3-5-20(18)26)6-10-29-22(21)32-13-9-25(27,28)16-32/h2-6,10,17H,7-9,11-16H2,1H3,(H,30,33). The number of halogens is 3. The van der Waals surface area contributed by atoms with Crippen molar-refractivity contribution < 1.29 is 22.7 Å². The molecule has 9 heteroatoms. The highest BCUT2D eigenvalue weighted by atomic mass is 19.3. The fourth-order valence-electron chi connectivity index (χ4n) is 5.49. The highest BCUT2D eigenvalue weighted by molar-refractivity contribution is 5.99. The third-order valence-electron chi connectivity index (χ3n) is 7.56. The second-order valence-corrected chi connectivity index (χ2v) is 9.75. The van der Waals surface area contributed by atoms with Crippen LogP contribution in [0.15, 0.2) is 36.5 Å². The molecular formula is C25H29F3N4O2. The van der Waals surface area contributed by atoms with Crippen LogP contribution in [0.2, 0.25) is 0 Å². The van der Waals surface area contributed by atoms with Crippen molar-refractivity contribution in [1.82, 2.24) is 9.88 Å². The molecule has 1 aromatic heterocycles. The first kappa shape index (κ1) is 23.0. The van der Waals surface area contributed by atoms with Gasteiger partial charge in [-0.2, -0.15) is 0 Å². The molecule has 3 fully saturated rings. The second kappa shape index (κ2) is 8.76. The van der Waals surface area contributed by atoms with Crippen molar-refractivity contribution in [2.24, 2.45) is 5.41 Å². The van der Waals surface area contributed by atoms with Gasteiger partial charge >= 0.3 is 6.03 Å². The Hall–Kier alpha value is -2.81.